The number of carbonyl (C=O) groups excluding carboxylic acids is 4. The number of likely N-dealkylation sites (tertiary alicyclic amines) is 1. The van der Waals surface area contributed by atoms with Crippen molar-refractivity contribution in [2.75, 3.05) is 20.3 Å². The fourth-order valence-corrected chi connectivity index (χ4v) is 9.20. The second-order valence-electron chi connectivity index (χ2n) is 15.5. The van der Waals surface area contributed by atoms with E-state index in [4.69, 9.17) is 29.1 Å². The number of rotatable bonds is 12. The fourth-order valence-electron chi connectivity index (χ4n) is 9.20. The molecule has 0 bridgehead atoms. The van der Waals surface area contributed by atoms with Crippen LogP contribution in [0.3, 0.4) is 0 Å². The Morgan fingerprint density at radius 1 is 0.904 bits per heavy atom. The first-order chi connectivity index (χ1) is 25.1. The normalized spacial score (nSPS) is 28.3. The van der Waals surface area contributed by atoms with Gasteiger partial charge in [0.2, 0.25) is 18.0 Å². The summed E-state index contributed by atoms with van der Waals surface area (Å²) >= 11 is 0. The van der Waals surface area contributed by atoms with Crippen LogP contribution in [0.5, 0.6) is 0 Å². The molecule has 11 nitrogen and oxygen atoms in total. The molecule has 4 fully saturated rings. The summed E-state index contributed by atoms with van der Waals surface area (Å²) in [5.74, 6) is -0.498. The Balaban J connectivity index is 1.11. The zero-order valence-electron chi connectivity index (χ0n) is 30.6. The summed E-state index contributed by atoms with van der Waals surface area (Å²) < 4.78 is 40.4. The molecule has 2 heterocycles. The van der Waals surface area contributed by atoms with E-state index in [-0.39, 0.29) is 53.8 Å². The predicted molar refractivity (Wildman–Crippen MR) is 190 cm³/mol. The molecule has 6 rings (SSSR count). The number of nitrogens with two attached hydrogens (primary N) is 1. The van der Waals surface area contributed by atoms with E-state index in [1.165, 1.54) is 6.92 Å². The molecule has 1 aliphatic heterocycles. The van der Waals surface area contributed by atoms with E-state index in [2.05, 4.69) is 0 Å². The van der Waals surface area contributed by atoms with Crippen LogP contribution < -0.4 is 5.73 Å². The summed E-state index contributed by atoms with van der Waals surface area (Å²) in [5, 5.41) is 0.625. The maximum absolute atomic E-state index is 14.3. The van der Waals surface area contributed by atoms with Crippen molar-refractivity contribution in [3.05, 3.63) is 35.6 Å². The van der Waals surface area contributed by atoms with Crippen LogP contribution in [0, 0.1) is 23.7 Å². The summed E-state index contributed by atoms with van der Waals surface area (Å²) in [4.78, 5) is 55.3. The van der Waals surface area contributed by atoms with Crippen LogP contribution in [-0.4, -0.2) is 79.6 Å². The lowest BCUT2D eigenvalue weighted by atomic mass is 9.74. The van der Waals surface area contributed by atoms with Crippen LogP contribution in [0.4, 0.5) is 9.18 Å². The zero-order valence-corrected chi connectivity index (χ0v) is 30.6. The summed E-state index contributed by atoms with van der Waals surface area (Å²) in [6.07, 6.45) is 10.2. The predicted octanol–water partition coefficient (Wildman–Crippen LogP) is 7.06. The van der Waals surface area contributed by atoms with E-state index < -0.39 is 37.2 Å². The van der Waals surface area contributed by atoms with Gasteiger partial charge in [0.1, 0.15) is 18.4 Å². The van der Waals surface area contributed by atoms with Crippen molar-refractivity contribution in [3.8, 4) is 0 Å². The number of fused-ring (bicyclic) bond motifs is 1. The number of hydrogen-bond donors (Lipinski definition) is 1. The van der Waals surface area contributed by atoms with Crippen LogP contribution in [0.1, 0.15) is 113 Å². The largest absolute Gasteiger partial charge is 0.511 e. The van der Waals surface area contributed by atoms with Gasteiger partial charge in [0.25, 0.3) is 0 Å². The first kappa shape index (κ1) is 38.2. The van der Waals surface area contributed by atoms with Crippen molar-refractivity contribution in [2.45, 2.75) is 134 Å². The number of Topliss-reactive ketones (excluding diaryl/α,β-unsaturated/α-hetero) is 1. The number of esters is 1. The van der Waals surface area contributed by atoms with Crippen LogP contribution in [0.25, 0.3) is 11.0 Å². The molecule has 3 aliphatic carbocycles. The number of ether oxygens (including phenoxy) is 4. The quantitative estimate of drug-likeness (QED) is 0.178. The molecule has 0 radical (unpaired) electrons. The van der Waals surface area contributed by atoms with Gasteiger partial charge in [-0.25, -0.2) is 14.0 Å². The molecule has 286 valence electrons. The Kier molecular flexibility index (Phi) is 12.9. The highest BCUT2D eigenvalue weighted by molar-refractivity contribution is 5.95. The monoisotopic (exact) mass is 726 g/mol. The van der Waals surface area contributed by atoms with Gasteiger partial charge in [0.05, 0.1) is 12.1 Å². The van der Waals surface area contributed by atoms with Gasteiger partial charge in [-0.1, -0.05) is 12.5 Å². The van der Waals surface area contributed by atoms with Gasteiger partial charge in [-0.15, -0.1) is 0 Å². The lowest BCUT2D eigenvalue weighted by Gasteiger charge is -2.37. The van der Waals surface area contributed by atoms with Crippen LogP contribution in [0.15, 0.2) is 28.7 Å². The van der Waals surface area contributed by atoms with Crippen molar-refractivity contribution in [3.63, 3.8) is 0 Å². The molecule has 2 aromatic rings. The van der Waals surface area contributed by atoms with Crippen LogP contribution in [-0.2, 0) is 35.0 Å². The smallest absolute Gasteiger partial charge is 0.449 e. The van der Waals surface area contributed by atoms with Crippen molar-refractivity contribution < 1.29 is 46.9 Å². The molecule has 2 N–H and O–H groups in total. The summed E-state index contributed by atoms with van der Waals surface area (Å²) in [6.45, 7) is 1.44. The van der Waals surface area contributed by atoms with Crippen molar-refractivity contribution >= 4 is 34.8 Å². The highest BCUT2D eigenvalue weighted by atomic mass is 19.1. The minimum absolute atomic E-state index is 0.00594. The molecular weight excluding hydrogens is 671 g/mol. The Hall–Kier alpha value is -3.51. The molecule has 1 unspecified atom stereocenters. The number of alkyl halides is 1. The second kappa shape index (κ2) is 17.5. The lowest BCUT2D eigenvalue weighted by molar-refractivity contribution is -0.143. The van der Waals surface area contributed by atoms with Gasteiger partial charge in [0.15, 0.2) is 5.78 Å². The molecule has 3 saturated carbocycles. The summed E-state index contributed by atoms with van der Waals surface area (Å²) in [7, 11) is 1.75. The number of methoxy groups -OCH3 is 1. The van der Waals surface area contributed by atoms with Crippen molar-refractivity contribution in [1.82, 2.24) is 4.90 Å². The van der Waals surface area contributed by atoms with E-state index in [0.717, 1.165) is 82.6 Å². The van der Waals surface area contributed by atoms with E-state index in [1.54, 1.807) is 25.3 Å². The minimum Gasteiger partial charge on any atom is -0.449 e. The number of benzene rings is 1. The fraction of sp³-hybridized carbons (Fsp3) is 0.700. The Morgan fingerprint density at radius 3 is 2.33 bits per heavy atom. The molecule has 0 spiro atoms. The third kappa shape index (κ3) is 9.16. The molecular formula is C40H55FN2O9. The van der Waals surface area contributed by atoms with E-state index >= 15 is 0 Å². The number of furan rings is 1. The summed E-state index contributed by atoms with van der Waals surface area (Å²) in [6, 6.07) is 5.90. The molecule has 1 aromatic heterocycles. The van der Waals surface area contributed by atoms with Crippen LogP contribution >= 0.6 is 0 Å². The van der Waals surface area contributed by atoms with E-state index in [1.807, 2.05) is 11.0 Å². The first-order valence-electron chi connectivity index (χ1n) is 19.4. The molecule has 52 heavy (non-hydrogen) atoms. The number of ketones is 1. The van der Waals surface area contributed by atoms with Gasteiger partial charge in [-0.3, -0.25) is 9.59 Å². The lowest BCUT2D eigenvalue weighted by Crippen LogP contribution is -2.48. The Bertz CT molecular complexity index is 1540. The maximum atomic E-state index is 14.3. The number of amides is 1. The molecule has 1 aromatic carbocycles. The maximum Gasteiger partial charge on any atom is 0.511 e. The van der Waals surface area contributed by atoms with Crippen LogP contribution in [0.2, 0.25) is 0 Å². The highest BCUT2D eigenvalue weighted by Crippen LogP contribution is 2.42. The first-order valence-corrected chi connectivity index (χ1v) is 19.4. The molecule has 1 saturated heterocycles. The number of hydrogen-bond acceptors (Lipinski definition) is 10. The standard InChI is InChI=1S/C40H55FN2O9/c1-24(50-40(47)51-31-6-4-3-5-7-31)49-39(46)36-22-29-20-25(8-17-35(29)52-36)21-34(44)37-32(26-13-15-30(48-2)16-14-26)18-19-43(37)38(45)28-11-9-27(10-12-28)33(42)23-41/h8,17,20,22,24,26-28,30-33,37H,3-7,9-16,18-19,21,23,42H2,1-2H3/t24?,26?,27?,28?,30?,32-,33+,37-/m0/s1. The number of nitrogens with zero attached hydrogens (tertiary/aromatic N) is 1. The van der Waals surface area contributed by atoms with Crippen molar-refractivity contribution in [1.29, 1.82) is 0 Å². The summed E-state index contributed by atoms with van der Waals surface area (Å²) in [5.41, 5.74) is 7.18. The van der Waals surface area contributed by atoms with Gasteiger partial charge in [-0.2, -0.15) is 0 Å². The SMILES string of the molecule is COC1CCC([C@@H]2CCN(C(=O)C3CCC([C@H](N)CF)CC3)[C@@H]2C(=O)Cc2ccc3oc(C(=O)OC(C)OC(=O)OC4CCCCC4)cc3c2)CC1. The molecule has 4 atom stereocenters. The molecule has 12 heteroatoms. The Morgan fingerprint density at radius 2 is 1.63 bits per heavy atom. The molecule has 1 amide bonds. The van der Waals surface area contributed by atoms with Gasteiger partial charge in [-0.05, 0) is 125 Å². The highest BCUT2D eigenvalue weighted by Gasteiger charge is 2.47. The van der Waals surface area contributed by atoms with Gasteiger partial charge in [0, 0.05) is 44.3 Å². The van der Waals surface area contributed by atoms with E-state index in [0.29, 0.717) is 36.3 Å². The van der Waals surface area contributed by atoms with Crippen molar-refractivity contribution in [2.24, 2.45) is 29.4 Å². The van der Waals surface area contributed by atoms with Gasteiger partial charge >= 0.3 is 12.1 Å². The Labute approximate surface area is 305 Å². The molecule has 4 aliphatic rings. The second-order valence-corrected chi connectivity index (χ2v) is 15.5. The third-order valence-corrected chi connectivity index (χ3v) is 12.1. The van der Waals surface area contributed by atoms with E-state index in [9.17, 15) is 23.6 Å². The number of halogens is 1. The third-order valence-electron chi connectivity index (χ3n) is 12.1. The zero-order chi connectivity index (χ0) is 36.8. The average molecular weight is 727 g/mol. The van der Waals surface area contributed by atoms with Gasteiger partial charge < -0.3 is 34.0 Å². The topological polar surface area (TPSA) is 148 Å². The minimum atomic E-state index is -1.18. The number of carbonyl (C=O) groups is 4. The average Bonchev–Trinajstić information content (AvgIpc) is 3.80.